The Labute approximate surface area is 102 Å². The van der Waals surface area contributed by atoms with E-state index in [1.54, 1.807) is 0 Å². The average molecular weight is 226 g/mol. The maximum Gasteiger partial charge on any atom is 0.0893 e. The van der Waals surface area contributed by atoms with E-state index in [0.29, 0.717) is 0 Å². The van der Waals surface area contributed by atoms with E-state index < -0.39 is 0 Å². The van der Waals surface area contributed by atoms with Gasteiger partial charge in [0.25, 0.3) is 0 Å². The highest BCUT2D eigenvalue weighted by Gasteiger charge is 2.10. The molecule has 0 saturated carbocycles. The van der Waals surface area contributed by atoms with Crippen LogP contribution < -0.4 is 0 Å². The molecule has 0 unspecified atom stereocenters. The Morgan fingerprint density at radius 3 is 1.25 bits per heavy atom. The Morgan fingerprint density at radius 1 is 0.688 bits per heavy atom. The summed E-state index contributed by atoms with van der Waals surface area (Å²) in [6.45, 7) is 9.15. The molecule has 0 aliphatic rings. The largest absolute Gasteiger partial charge is 0.328 e. The van der Waals surface area contributed by atoms with Gasteiger partial charge in [-0.05, 0) is 13.8 Å². The first-order chi connectivity index (χ1) is 7.33. The third-order valence-corrected chi connectivity index (χ3v) is 3.52. The first-order valence-corrected chi connectivity index (χ1v) is 6.43. The molecule has 0 aliphatic carbocycles. The van der Waals surface area contributed by atoms with E-state index in [4.69, 9.17) is 0 Å². The van der Waals surface area contributed by atoms with E-state index in [0.717, 1.165) is 34.9 Å². The van der Waals surface area contributed by atoms with Crippen LogP contribution in [0.25, 0.3) is 0 Å². The van der Waals surface area contributed by atoms with Crippen LogP contribution in [-0.4, -0.2) is 63.3 Å². The fourth-order valence-corrected chi connectivity index (χ4v) is 1.21. The summed E-state index contributed by atoms with van der Waals surface area (Å²) in [7, 11) is 9.05. The molecule has 94 valence electrons. The number of hydrogen-bond acceptors (Lipinski definition) is 0. The second-order valence-electron chi connectivity index (χ2n) is 5.80. The van der Waals surface area contributed by atoms with Crippen molar-refractivity contribution in [3.63, 3.8) is 0 Å². The van der Waals surface area contributed by atoms with Crippen molar-refractivity contribution in [2.45, 2.75) is 26.7 Å². The number of quaternary nitrogens is 2. The molecule has 0 aromatic rings. The summed E-state index contributed by atoms with van der Waals surface area (Å²) in [6, 6.07) is 0. The summed E-state index contributed by atoms with van der Waals surface area (Å²) in [4.78, 5) is 0. The van der Waals surface area contributed by atoms with Crippen molar-refractivity contribution in [2.75, 3.05) is 54.4 Å². The summed E-state index contributed by atoms with van der Waals surface area (Å²) >= 11 is 0. The molecule has 0 aliphatic heterocycles. The van der Waals surface area contributed by atoms with Gasteiger partial charge in [0.2, 0.25) is 0 Å². The fraction of sp³-hybridized carbons (Fsp3) is 0.857. The highest BCUT2D eigenvalue weighted by atomic mass is 15.3. The zero-order valence-corrected chi connectivity index (χ0v) is 12.1. The monoisotopic (exact) mass is 226 g/mol. The van der Waals surface area contributed by atoms with Gasteiger partial charge in [-0.2, -0.15) is 0 Å². The van der Waals surface area contributed by atoms with Crippen molar-refractivity contribution in [3.05, 3.63) is 0 Å². The minimum Gasteiger partial charge on any atom is -0.328 e. The molecule has 0 amide bonds. The molecule has 0 rings (SSSR count). The summed E-state index contributed by atoms with van der Waals surface area (Å²) in [5, 5.41) is 0. The van der Waals surface area contributed by atoms with Crippen LogP contribution in [-0.2, 0) is 0 Å². The molecule has 0 fully saturated rings. The minimum atomic E-state index is 1.03. The van der Waals surface area contributed by atoms with E-state index in [2.05, 4.69) is 53.9 Å². The predicted octanol–water partition coefficient (Wildman–Crippen LogP) is 1.96. The molecule has 0 spiro atoms. The van der Waals surface area contributed by atoms with E-state index in [9.17, 15) is 0 Å². The molecule has 0 radical (unpaired) electrons. The zero-order valence-electron chi connectivity index (χ0n) is 12.1. The van der Waals surface area contributed by atoms with Crippen molar-refractivity contribution >= 4 is 0 Å². The lowest BCUT2D eigenvalue weighted by atomic mass is 10.3. The Kier molecular flexibility index (Phi) is 6.71. The Balaban J connectivity index is 3.72. The minimum absolute atomic E-state index is 1.03. The zero-order chi connectivity index (χ0) is 12.7. The Bertz CT molecular complexity index is 219. The summed E-state index contributed by atoms with van der Waals surface area (Å²) in [6.07, 6.45) is 2.06. The summed E-state index contributed by atoms with van der Waals surface area (Å²) in [5.41, 5.74) is 0. The van der Waals surface area contributed by atoms with E-state index >= 15 is 0 Å². The third-order valence-electron chi connectivity index (χ3n) is 3.52. The average Bonchev–Trinajstić information content (AvgIpc) is 2.23. The lowest BCUT2D eigenvalue weighted by molar-refractivity contribution is -0.888. The second-order valence-corrected chi connectivity index (χ2v) is 5.80. The molecule has 0 aromatic heterocycles. The van der Waals surface area contributed by atoms with Crippen LogP contribution in [0.1, 0.15) is 26.7 Å². The topological polar surface area (TPSA) is 0 Å². The third kappa shape index (κ3) is 7.73. The van der Waals surface area contributed by atoms with Crippen LogP contribution in [0.4, 0.5) is 0 Å². The van der Waals surface area contributed by atoms with Crippen LogP contribution >= 0.6 is 0 Å². The molecule has 0 saturated heterocycles. The number of hydrogen-bond donors (Lipinski definition) is 0. The normalized spacial score (nSPS) is 12.1. The van der Waals surface area contributed by atoms with Gasteiger partial charge in [-0.15, -0.1) is 0 Å². The lowest BCUT2D eigenvalue weighted by Crippen LogP contribution is -2.40. The molecule has 16 heavy (non-hydrogen) atoms. The first kappa shape index (κ1) is 15.5. The maximum atomic E-state index is 3.30. The van der Waals surface area contributed by atoms with Gasteiger partial charge in [0.1, 0.15) is 0 Å². The van der Waals surface area contributed by atoms with Gasteiger partial charge in [0.15, 0.2) is 0 Å². The molecule has 2 heteroatoms. The van der Waals surface area contributed by atoms with Gasteiger partial charge in [-0.1, -0.05) is 11.8 Å². The number of nitrogens with zero attached hydrogens (tertiary/aromatic N) is 2. The fourth-order valence-electron chi connectivity index (χ4n) is 1.21. The van der Waals surface area contributed by atoms with Gasteiger partial charge >= 0.3 is 0 Å². The maximum absolute atomic E-state index is 3.30. The van der Waals surface area contributed by atoms with Crippen molar-refractivity contribution in [3.8, 4) is 11.8 Å². The van der Waals surface area contributed by atoms with Crippen LogP contribution in [0.2, 0.25) is 0 Å². The smallest absolute Gasteiger partial charge is 0.0893 e. The van der Waals surface area contributed by atoms with Crippen LogP contribution in [0.5, 0.6) is 0 Å². The van der Waals surface area contributed by atoms with Gasteiger partial charge in [0, 0.05) is 0 Å². The van der Waals surface area contributed by atoms with Gasteiger partial charge in [-0.25, -0.2) is 0 Å². The Morgan fingerprint density at radius 2 is 1.00 bits per heavy atom. The summed E-state index contributed by atoms with van der Waals surface area (Å²) < 4.78 is 2.15. The van der Waals surface area contributed by atoms with Gasteiger partial charge in [-0.3, -0.25) is 0 Å². The molecule has 0 aromatic carbocycles. The standard InChI is InChI=1S/C14H30N2/c1-7-15(3,4)13-11-9-10-12-14-16(5,6)8-2/h7-8,11-14H2,1-6H3/q+2. The molecular formula is C14H30N2+2. The molecule has 0 heterocycles. The highest BCUT2D eigenvalue weighted by molar-refractivity contribution is 4.98. The molecule has 0 bridgehead atoms. The molecular weight excluding hydrogens is 196 g/mol. The van der Waals surface area contributed by atoms with Crippen molar-refractivity contribution in [2.24, 2.45) is 0 Å². The van der Waals surface area contributed by atoms with Crippen molar-refractivity contribution in [1.29, 1.82) is 0 Å². The van der Waals surface area contributed by atoms with Gasteiger partial charge < -0.3 is 8.97 Å². The van der Waals surface area contributed by atoms with Crippen molar-refractivity contribution < 1.29 is 8.97 Å². The molecule has 0 N–H and O–H groups in total. The van der Waals surface area contributed by atoms with Crippen LogP contribution in [0, 0.1) is 11.8 Å². The van der Waals surface area contributed by atoms with E-state index in [-0.39, 0.29) is 0 Å². The first-order valence-electron chi connectivity index (χ1n) is 6.43. The highest BCUT2D eigenvalue weighted by Crippen LogP contribution is 1.99. The van der Waals surface area contributed by atoms with Crippen molar-refractivity contribution in [1.82, 2.24) is 0 Å². The van der Waals surface area contributed by atoms with E-state index in [1.165, 1.54) is 13.1 Å². The second kappa shape index (κ2) is 6.93. The molecule has 2 nitrogen and oxygen atoms in total. The van der Waals surface area contributed by atoms with E-state index in [1.807, 2.05) is 0 Å². The predicted molar refractivity (Wildman–Crippen MR) is 72.0 cm³/mol. The number of rotatable bonds is 6. The van der Waals surface area contributed by atoms with Crippen LogP contribution in [0.15, 0.2) is 0 Å². The Hall–Kier alpha value is -0.520. The van der Waals surface area contributed by atoms with Gasteiger partial charge in [0.05, 0.1) is 67.2 Å². The summed E-state index contributed by atoms with van der Waals surface area (Å²) in [5.74, 6) is 6.59. The lowest BCUT2D eigenvalue weighted by Gasteiger charge is -2.27. The SMILES string of the molecule is CC[N+](C)(C)CCC#CCC[N+](C)(C)CC. The molecule has 0 atom stereocenters. The quantitative estimate of drug-likeness (QED) is 0.480. The van der Waals surface area contributed by atoms with Crippen LogP contribution in [0.3, 0.4) is 0 Å².